The minimum absolute atomic E-state index is 0.142. The van der Waals surface area contributed by atoms with Gasteiger partial charge in [-0.15, -0.1) is 0 Å². The van der Waals surface area contributed by atoms with E-state index in [1.807, 2.05) is 12.1 Å². The monoisotopic (exact) mass is 339 g/mol. The maximum Gasteiger partial charge on any atom is 0.137 e. The van der Waals surface area contributed by atoms with Crippen molar-refractivity contribution in [2.24, 2.45) is 0 Å². The molecule has 0 fully saturated rings. The van der Waals surface area contributed by atoms with E-state index in [0.717, 1.165) is 11.1 Å². The lowest BCUT2D eigenvalue weighted by Crippen LogP contribution is -2.13. The van der Waals surface area contributed by atoms with E-state index in [9.17, 15) is 8.78 Å². The standard InChI is InChI=1S/C16H16BrF2N/c1-10-5-13(6-11(2)16(10)19)9-20-8-12-3-4-15(18)14(17)7-12/h3-7,20H,8-9H2,1-2H3. The second-order valence-electron chi connectivity index (χ2n) is 4.90. The molecule has 106 valence electrons. The zero-order valence-corrected chi connectivity index (χ0v) is 13.0. The molecule has 0 radical (unpaired) electrons. The normalized spacial score (nSPS) is 10.8. The minimum atomic E-state index is -0.265. The van der Waals surface area contributed by atoms with Gasteiger partial charge in [-0.1, -0.05) is 18.2 Å². The zero-order valence-electron chi connectivity index (χ0n) is 11.4. The summed E-state index contributed by atoms with van der Waals surface area (Å²) in [5, 5.41) is 3.27. The van der Waals surface area contributed by atoms with Crippen LogP contribution in [0.2, 0.25) is 0 Å². The van der Waals surface area contributed by atoms with Gasteiger partial charge in [0.1, 0.15) is 11.6 Å². The molecule has 0 aliphatic carbocycles. The van der Waals surface area contributed by atoms with Crippen LogP contribution in [0.3, 0.4) is 0 Å². The highest BCUT2D eigenvalue weighted by molar-refractivity contribution is 9.10. The summed E-state index contributed by atoms with van der Waals surface area (Å²) >= 11 is 3.17. The first-order chi connectivity index (χ1) is 9.47. The highest BCUT2D eigenvalue weighted by Gasteiger charge is 2.04. The van der Waals surface area contributed by atoms with Crippen molar-refractivity contribution in [2.75, 3.05) is 0 Å². The SMILES string of the molecule is Cc1cc(CNCc2ccc(F)c(Br)c2)cc(C)c1F. The Labute approximate surface area is 126 Å². The predicted octanol–water partition coefficient (Wildman–Crippen LogP) is 4.63. The summed E-state index contributed by atoms with van der Waals surface area (Å²) in [6.07, 6.45) is 0. The molecular formula is C16H16BrF2N. The Morgan fingerprint density at radius 3 is 2.15 bits per heavy atom. The lowest BCUT2D eigenvalue weighted by Gasteiger charge is -2.09. The third kappa shape index (κ3) is 3.64. The number of aryl methyl sites for hydroxylation is 2. The Hall–Kier alpha value is -1.26. The first kappa shape index (κ1) is 15.1. The second-order valence-corrected chi connectivity index (χ2v) is 5.75. The summed E-state index contributed by atoms with van der Waals surface area (Å²) in [5.74, 6) is -0.408. The number of hydrogen-bond acceptors (Lipinski definition) is 1. The molecule has 2 rings (SSSR count). The molecule has 0 aromatic heterocycles. The highest BCUT2D eigenvalue weighted by atomic mass is 79.9. The van der Waals surface area contributed by atoms with E-state index in [4.69, 9.17) is 0 Å². The van der Waals surface area contributed by atoms with Crippen LogP contribution in [0, 0.1) is 25.5 Å². The van der Waals surface area contributed by atoms with Crippen LogP contribution in [0.1, 0.15) is 22.3 Å². The summed E-state index contributed by atoms with van der Waals surface area (Å²) in [6, 6.07) is 8.62. The molecule has 0 amide bonds. The number of halogens is 3. The molecule has 0 saturated heterocycles. The third-order valence-electron chi connectivity index (χ3n) is 3.14. The van der Waals surface area contributed by atoms with Crippen molar-refractivity contribution < 1.29 is 8.78 Å². The van der Waals surface area contributed by atoms with Gasteiger partial charge < -0.3 is 5.32 Å². The maximum absolute atomic E-state index is 13.5. The van der Waals surface area contributed by atoms with Gasteiger partial charge in [0.2, 0.25) is 0 Å². The average Bonchev–Trinajstić information content (AvgIpc) is 2.40. The molecule has 4 heteroatoms. The van der Waals surface area contributed by atoms with Crippen molar-refractivity contribution in [3.8, 4) is 0 Å². The van der Waals surface area contributed by atoms with Crippen LogP contribution in [0.25, 0.3) is 0 Å². The molecule has 0 spiro atoms. The summed E-state index contributed by atoms with van der Waals surface area (Å²) < 4.78 is 27.1. The van der Waals surface area contributed by atoms with E-state index in [2.05, 4.69) is 21.2 Å². The Kier molecular flexibility index (Phi) is 4.89. The van der Waals surface area contributed by atoms with Crippen molar-refractivity contribution >= 4 is 15.9 Å². The lowest BCUT2D eigenvalue weighted by molar-refractivity contribution is 0.605. The van der Waals surface area contributed by atoms with Gasteiger partial charge in [-0.2, -0.15) is 0 Å². The molecule has 0 bridgehead atoms. The quantitative estimate of drug-likeness (QED) is 0.855. The van der Waals surface area contributed by atoms with Gasteiger partial charge in [-0.05, 0) is 64.2 Å². The van der Waals surface area contributed by atoms with E-state index < -0.39 is 0 Å². The van der Waals surface area contributed by atoms with Crippen LogP contribution in [-0.2, 0) is 13.1 Å². The molecule has 0 aliphatic rings. The van der Waals surface area contributed by atoms with E-state index in [1.165, 1.54) is 6.07 Å². The zero-order chi connectivity index (χ0) is 14.7. The van der Waals surface area contributed by atoms with Gasteiger partial charge >= 0.3 is 0 Å². The molecule has 2 aromatic rings. The van der Waals surface area contributed by atoms with Crippen molar-refractivity contribution in [2.45, 2.75) is 26.9 Å². The van der Waals surface area contributed by atoms with E-state index in [-0.39, 0.29) is 11.6 Å². The van der Waals surface area contributed by atoms with Crippen molar-refractivity contribution in [1.82, 2.24) is 5.32 Å². The number of nitrogens with one attached hydrogen (secondary N) is 1. The average molecular weight is 340 g/mol. The van der Waals surface area contributed by atoms with Gasteiger partial charge in [-0.3, -0.25) is 0 Å². The summed E-state index contributed by atoms with van der Waals surface area (Å²) in [7, 11) is 0. The van der Waals surface area contributed by atoms with Crippen molar-refractivity contribution in [1.29, 1.82) is 0 Å². The second kappa shape index (κ2) is 6.46. The van der Waals surface area contributed by atoms with Gasteiger partial charge in [0, 0.05) is 13.1 Å². The molecule has 1 N–H and O–H groups in total. The molecule has 0 saturated carbocycles. The van der Waals surface area contributed by atoms with Crippen molar-refractivity contribution in [3.05, 3.63) is 68.7 Å². The maximum atomic E-state index is 13.5. The van der Waals surface area contributed by atoms with Gasteiger partial charge in [-0.25, -0.2) is 8.78 Å². The van der Waals surface area contributed by atoms with Crippen molar-refractivity contribution in [3.63, 3.8) is 0 Å². The first-order valence-electron chi connectivity index (χ1n) is 6.37. The Bertz CT molecular complexity index is 603. The predicted molar refractivity (Wildman–Crippen MR) is 80.5 cm³/mol. The number of hydrogen-bond donors (Lipinski definition) is 1. The number of rotatable bonds is 4. The van der Waals surface area contributed by atoms with Crippen LogP contribution in [-0.4, -0.2) is 0 Å². The van der Waals surface area contributed by atoms with Crippen LogP contribution in [0.15, 0.2) is 34.8 Å². The third-order valence-corrected chi connectivity index (χ3v) is 3.75. The number of benzene rings is 2. The molecule has 0 heterocycles. The Morgan fingerprint density at radius 1 is 0.950 bits per heavy atom. The molecule has 0 atom stereocenters. The summed E-state index contributed by atoms with van der Waals surface area (Å²) in [5.41, 5.74) is 3.36. The minimum Gasteiger partial charge on any atom is -0.309 e. The van der Waals surface area contributed by atoms with Crippen LogP contribution in [0.5, 0.6) is 0 Å². The summed E-state index contributed by atoms with van der Waals surface area (Å²) in [6.45, 7) is 4.82. The first-order valence-corrected chi connectivity index (χ1v) is 7.17. The van der Waals surface area contributed by atoms with E-state index in [1.54, 1.807) is 26.0 Å². The largest absolute Gasteiger partial charge is 0.309 e. The smallest absolute Gasteiger partial charge is 0.137 e. The van der Waals surface area contributed by atoms with Crippen LogP contribution in [0.4, 0.5) is 8.78 Å². The van der Waals surface area contributed by atoms with Crippen LogP contribution >= 0.6 is 15.9 Å². The Balaban J connectivity index is 1.97. The fourth-order valence-electron chi connectivity index (χ4n) is 2.14. The van der Waals surface area contributed by atoms with Gasteiger partial charge in [0.05, 0.1) is 4.47 Å². The fourth-order valence-corrected chi connectivity index (χ4v) is 2.56. The fraction of sp³-hybridized carbons (Fsp3) is 0.250. The molecule has 0 aliphatic heterocycles. The molecule has 0 unspecified atom stereocenters. The molecule has 20 heavy (non-hydrogen) atoms. The van der Waals surface area contributed by atoms with Crippen LogP contribution < -0.4 is 5.32 Å². The molecule has 1 nitrogen and oxygen atoms in total. The Morgan fingerprint density at radius 2 is 1.55 bits per heavy atom. The summed E-state index contributed by atoms with van der Waals surface area (Å²) in [4.78, 5) is 0. The van der Waals surface area contributed by atoms with E-state index in [0.29, 0.717) is 28.7 Å². The highest BCUT2D eigenvalue weighted by Crippen LogP contribution is 2.17. The van der Waals surface area contributed by atoms with Gasteiger partial charge in [0.15, 0.2) is 0 Å². The molecule has 2 aromatic carbocycles. The molecular weight excluding hydrogens is 324 g/mol. The lowest BCUT2D eigenvalue weighted by atomic mass is 10.1. The topological polar surface area (TPSA) is 12.0 Å². The van der Waals surface area contributed by atoms with Gasteiger partial charge in [0.25, 0.3) is 0 Å². The van der Waals surface area contributed by atoms with E-state index >= 15 is 0 Å².